The molecule has 70 heavy (non-hydrogen) atoms. The van der Waals surface area contributed by atoms with Crippen molar-refractivity contribution >= 4 is 11.9 Å². The number of aliphatic hydroxyl groups excluding tert-OH is 2. The van der Waals surface area contributed by atoms with Crippen LogP contribution in [0.1, 0.15) is 348 Å². The summed E-state index contributed by atoms with van der Waals surface area (Å²) in [5.74, 6) is -0.0551. The first-order valence-electron chi connectivity index (χ1n) is 31.6. The minimum absolute atomic E-state index is 0.0107. The van der Waals surface area contributed by atoms with E-state index in [4.69, 9.17) is 4.74 Å². The van der Waals surface area contributed by atoms with Gasteiger partial charge >= 0.3 is 5.97 Å². The Bertz CT molecular complexity index is 1090. The zero-order chi connectivity index (χ0) is 50.7. The summed E-state index contributed by atoms with van der Waals surface area (Å²) in [4.78, 5) is 24.5. The van der Waals surface area contributed by atoms with Crippen LogP contribution in [0.4, 0.5) is 0 Å². The Balaban J connectivity index is 3.32. The highest BCUT2D eigenvalue weighted by Gasteiger charge is 2.18. The molecule has 0 saturated carbocycles. The van der Waals surface area contributed by atoms with Crippen molar-refractivity contribution in [2.45, 2.75) is 360 Å². The number of ether oxygens (including phenoxy) is 1. The maximum absolute atomic E-state index is 12.4. The summed E-state index contributed by atoms with van der Waals surface area (Å²) in [6.45, 7) is 4.89. The molecule has 6 heteroatoms. The van der Waals surface area contributed by atoms with Crippen LogP contribution in [-0.2, 0) is 14.3 Å². The Morgan fingerprint density at radius 1 is 0.386 bits per heavy atom. The molecule has 2 atom stereocenters. The van der Waals surface area contributed by atoms with E-state index in [0.717, 1.165) is 44.9 Å². The van der Waals surface area contributed by atoms with E-state index in [1.165, 1.54) is 276 Å². The summed E-state index contributed by atoms with van der Waals surface area (Å²) in [5, 5.41) is 23.0. The maximum atomic E-state index is 12.4. The molecule has 0 aromatic rings. The molecule has 0 bridgehead atoms. The van der Waals surface area contributed by atoms with Gasteiger partial charge in [0.25, 0.3) is 0 Å². The molecule has 6 nitrogen and oxygen atoms in total. The largest absolute Gasteiger partial charge is 0.466 e. The second-order valence-electron chi connectivity index (χ2n) is 21.7. The predicted molar refractivity (Wildman–Crippen MR) is 306 cm³/mol. The molecule has 0 rings (SSSR count). The zero-order valence-electron chi connectivity index (χ0n) is 47.3. The van der Waals surface area contributed by atoms with E-state index in [2.05, 4.69) is 31.3 Å². The zero-order valence-corrected chi connectivity index (χ0v) is 47.3. The lowest BCUT2D eigenvalue weighted by Crippen LogP contribution is -2.45. The number of amides is 1. The van der Waals surface area contributed by atoms with Crippen LogP contribution in [-0.4, -0.2) is 47.4 Å². The molecule has 414 valence electrons. The summed E-state index contributed by atoms with van der Waals surface area (Å²) in [6, 6.07) is -0.623. The second-order valence-corrected chi connectivity index (χ2v) is 21.7. The van der Waals surface area contributed by atoms with E-state index < -0.39 is 12.1 Å². The van der Waals surface area contributed by atoms with Crippen molar-refractivity contribution in [3.05, 3.63) is 24.3 Å². The first kappa shape index (κ1) is 68.3. The van der Waals surface area contributed by atoms with Gasteiger partial charge in [-0.2, -0.15) is 0 Å². The molecule has 3 N–H and O–H groups in total. The third-order valence-corrected chi connectivity index (χ3v) is 14.7. The van der Waals surface area contributed by atoms with Crippen molar-refractivity contribution < 1.29 is 24.5 Å². The van der Waals surface area contributed by atoms with Crippen molar-refractivity contribution in [2.24, 2.45) is 0 Å². The van der Waals surface area contributed by atoms with Gasteiger partial charge in [0, 0.05) is 12.8 Å². The minimum atomic E-state index is -0.840. The quantitative estimate of drug-likeness (QED) is 0.0321. The van der Waals surface area contributed by atoms with Crippen LogP contribution >= 0.6 is 0 Å². The first-order chi connectivity index (χ1) is 34.5. The van der Waals surface area contributed by atoms with Gasteiger partial charge in [-0.15, -0.1) is 0 Å². The Kier molecular flexibility index (Phi) is 58.5. The average Bonchev–Trinajstić information content (AvgIpc) is 3.36. The topological polar surface area (TPSA) is 95.9 Å². The van der Waals surface area contributed by atoms with Gasteiger partial charge in [0.2, 0.25) is 5.91 Å². The van der Waals surface area contributed by atoms with Crippen molar-refractivity contribution in [2.75, 3.05) is 13.2 Å². The average molecular weight is 987 g/mol. The lowest BCUT2D eigenvalue weighted by Gasteiger charge is -2.20. The number of unbranched alkanes of at least 4 members (excludes halogenated alkanes) is 46. The monoisotopic (exact) mass is 986 g/mol. The van der Waals surface area contributed by atoms with Gasteiger partial charge in [0.05, 0.1) is 25.4 Å². The van der Waals surface area contributed by atoms with Gasteiger partial charge in [0.15, 0.2) is 0 Å². The van der Waals surface area contributed by atoms with E-state index in [1.54, 1.807) is 6.08 Å². The van der Waals surface area contributed by atoms with E-state index in [0.29, 0.717) is 19.4 Å². The van der Waals surface area contributed by atoms with E-state index >= 15 is 0 Å². The lowest BCUT2D eigenvalue weighted by atomic mass is 10.0. The Labute approximate surface area is 437 Å². The van der Waals surface area contributed by atoms with Gasteiger partial charge in [-0.05, 0) is 57.8 Å². The molecule has 0 aliphatic heterocycles. The normalized spacial score (nSPS) is 12.7. The number of carbonyl (C=O) groups excluding carboxylic acids is 2. The second kappa shape index (κ2) is 59.9. The molecule has 0 saturated heterocycles. The molecule has 0 fully saturated rings. The molecule has 0 aromatic carbocycles. The number of hydrogen-bond acceptors (Lipinski definition) is 5. The van der Waals surface area contributed by atoms with E-state index in [1.807, 2.05) is 6.08 Å². The summed E-state index contributed by atoms with van der Waals surface area (Å²) in [7, 11) is 0. The van der Waals surface area contributed by atoms with Gasteiger partial charge < -0.3 is 20.3 Å². The summed E-state index contributed by atoms with van der Waals surface area (Å²) in [5.41, 5.74) is 0. The molecular weight excluding hydrogens is 863 g/mol. The first-order valence-corrected chi connectivity index (χ1v) is 31.6. The third-order valence-electron chi connectivity index (χ3n) is 14.7. The fourth-order valence-electron chi connectivity index (χ4n) is 9.87. The minimum Gasteiger partial charge on any atom is -0.466 e. The van der Waals surface area contributed by atoms with Crippen molar-refractivity contribution in [1.82, 2.24) is 5.32 Å². The van der Waals surface area contributed by atoms with Gasteiger partial charge in [0.1, 0.15) is 0 Å². The summed E-state index contributed by atoms with van der Waals surface area (Å²) >= 11 is 0. The number of carbonyl (C=O) groups is 2. The molecular formula is C64H123NO5. The van der Waals surface area contributed by atoms with Gasteiger partial charge in [-0.3, -0.25) is 9.59 Å². The van der Waals surface area contributed by atoms with Crippen molar-refractivity contribution in [3.63, 3.8) is 0 Å². The molecule has 0 radical (unpaired) electrons. The number of allylic oxidation sites excluding steroid dienone is 3. The van der Waals surface area contributed by atoms with Crippen molar-refractivity contribution in [1.29, 1.82) is 0 Å². The summed E-state index contributed by atoms with van der Waals surface area (Å²) < 4.78 is 5.49. The Morgan fingerprint density at radius 2 is 0.671 bits per heavy atom. The Hall–Kier alpha value is -1.66. The van der Waals surface area contributed by atoms with Crippen LogP contribution in [0.15, 0.2) is 24.3 Å². The lowest BCUT2D eigenvalue weighted by molar-refractivity contribution is -0.143. The van der Waals surface area contributed by atoms with Crippen LogP contribution in [0, 0.1) is 0 Å². The number of esters is 1. The molecule has 0 aliphatic carbocycles. The fourth-order valence-corrected chi connectivity index (χ4v) is 9.87. The fraction of sp³-hybridized carbons (Fsp3) is 0.906. The summed E-state index contributed by atoms with van der Waals surface area (Å²) in [6.07, 6.45) is 73.8. The number of aliphatic hydroxyl groups is 2. The highest BCUT2D eigenvalue weighted by atomic mass is 16.5. The Morgan fingerprint density at radius 3 is 1.01 bits per heavy atom. The van der Waals surface area contributed by atoms with E-state index in [9.17, 15) is 19.8 Å². The maximum Gasteiger partial charge on any atom is 0.305 e. The number of hydrogen-bond donors (Lipinski definition) is 3. The molecule has 2 unspecified atom stereocenters. The molecule has 1 amide bonds. The molecule has 0 aromatic heterocycles. The molecule has 0 spiro atoms. The SMILES string of the molecule is CCCCCCCC/C=C\CCCCCCCC(=O)OCCCCCCCCCCCCCCCCCCCCCCCCCCCCCCC(=O)NC(CO)C(O)/C=C/CCCCCCCCCC. The van der Waals surface area contributed by atoms with Crippen LogP contribution < -0.4 is 5.32 Å². The van der Waals surface area contributed by atoms with Crippen LogP contribution in [0.25, 0.3) is 0 Å². The molecule has 0 heterocycles. The van der Waals surface area contributed by atoms with Gasteiger partial charge in [-0.25, -0.2) is 0 Å². The third kappa shape index (κ3) is 55.7. The van der Waals surface area contributed by atoms with Gasteiger partial charge in [-0.1, -0.05) is 301 Å². The van der Waals surface area contributed by atoms with E-state index in [-0.39, 0.29) is 18.5 Å². The highest BCUT2D eigenvalue weighted by molar-refractivity contribution is 5.76. The van der Waals surface area contributed by atoms with Crippen LogP contribution in [0.5, 0.6) is 0 Å². The number of rotatable bonds is 59. The standard InChI is InChI=1S/C64H123NO5/c1-3-5-7-9-11-13-15-16-31-35-38-42-46-50-54-58-64(69)70-59-55-51-47-43-39-36-33-30-28-26-24-22-20-18-17-19-21-23-25-27-29-32-34-37-41-45-49-53-57-63(68)65-61(60-66)62(67)56-52-48-44-40-14-12-10-8-6-4-2/h16,31,52,56,61-62,66-67H,3-15,17-30,32-51,53-55,57-60H2,1-2H3,(H,65,68)/b31-16-,56-52+. The smallest absolute Gasteiger partial charge is 0.305 e. The van der Waals surface area contributed by atoms with Crippen LogP contribution in [0.2, 0.25) is 0 Å². The molecule has 0 aliphatic rings. The van der Waals surface area contributed by atoms with Crippen molar-refractivity contribution in [3.8, 4) is 0 Å². The van der Waals surface area contributed by atoms with Crippen LogP contribution in [0.3, 0.4) is 0 Å². The highest BCUT2D eigenvalue weighted by Crippen LogP contribution is 2.18. The number of nitrogens with one attached hydrogen (secondary N) is 1. The predicted octanol–water partition coefficient (Wildman–Crippen LogP) is 19.8.